The predicted octanol–water partition coefficient (Wildman–Crippen LogP) is 4.91. The molecule has 30 heavy (non-hydrogen) atoms. The maximum Gasteiger partial charge on any atom is 0.307 e. The maximum atomic E-state index is 12.1. The highest BCUT2D eigenvalue weighted by molar-refractivity contribution is 5.71. The van der Waals surface area contributed by atoms with Gasteiger partial charge in [0.25, 0.3) is 0 Å². The summed E-state index contributed by atoms with van der Waals surface area (Å²) in [6.07, 6.45) is 9.10. The van der Waals surface area contributed by atoms with Gasteiger partial charge in [-0.05, 0) is 37.8 Å². The number of unbranched alkanes of at least 4 members (excludes halogenated alkanes) is 5. The summed E-state index contributed by atoms with van der Waals surface area (Å²) < 4.78 is 11.9. The SMILES string of the molecule is CCCc1cc(C)c(CCCCCCCCC(=O)OC(CC(=O)O)C[N+](C)(C)C)o1. The molecule has 1 rings (SSSR count). The third-order valence-electron chi connectivity index (χ3n) is 5.05. The number of ether oxygens (including phenoxy) is 1. The summed E-state index contributed by atoms with van der Waals surface area (Å²) in [5, 5.41) is 9.02. The van der Waals surface area contributed by atoms with Gasteiger partial charge in [0.1, 0.15) is 18.1 Å². The Kier molecular flexibility index (Phi) is 11.8. The molecule has 0 radical (unpaired) electrons. The van der Waals surface area contributed by atoms with Crippen molar-refractivity contribution in [2.75, 3.05) is 27.7 Å². The Hall–Kier alpha value is -1.82. The molecule has 0 aliphatic heterocycles. The molecule has 0 aliphatic rings. The van der Waals surface area contributed by atoms with E-state index >= 15 is 0 Å². The molecule has 1 unspecified atom stereocenters. The van der Waals surface area contributed by atoms with Crippen LogP contribution in [0.4, 0.5) is 0 Å². The van der Waals surface area contributed by atoms with E-state index in [-0.39, 0.29) is 12.4 Å². The number of quaternary nitrogens is 1. The van der Waals surface area contributed by atoms with Gasteiger partial charge in [0.15, 0.2) is 6.10 Å². The fourth-order valence-corrected chi connectivity index (χ4v) is 3.66. The molecule has 0 saturated carbocycles. The number of carbonyl (C=O) groups excluding carboxylic acids is 1. The number of likely N-dealkylation sites (N-methyl/N-ethyl adjacent to an activating group) is 1. The van der Waals surface area contributed by atoms with Crippen molar-refractivity contribution in [1.29, 1.82) is 0 Å². The first kappa shape index (κ1) is 26.2. The van der Waals surface area contributed by atoms with Gasteiger partial charge in [-0.25, -0.2) is 0 Å². The van der Waals surface area contributed by atoms with Crippen molar-refractivity contribution < 1.29 is 28.3 Å². The lowest BCUT2D eigenvalue weighted by Gasteiger charge is -2.28. The van der Waals surface area contributed by atoms with Crippen LogP contribution in [0.5, 0.6) is 0 Å². The maximum absolute atomic E-state index is 12.1. The fourth-order valence-electron chi connectivity index (χ4n) is 3.66. The van der Waals surface area contributed by atoms with E-state index in [1.54, 1.807) is 0 Å². The van der Waals surface area contributed by atoms with Crippen LogP contribution in [-0.4, -0.2) is 55.3 Å². The van der Waals surface area contributed by atoms with Crippen molar-refractivity contribution in [3.63, 3.8) is 0 Å². The number of hydrogen-bond donors (Lipinski definition) is 1. The molecule has 0 amide bonds. The lowest BCUT2D eigenvalue weighted by atomic mass is 10.1. The van der Waals surface area contributed by atoms with Crippen molar-refractivity contribution in [3.8, 4) is 0 Å². The number of carbonyl (C=O) groups is 2. The summed E-state index contributed by atoms with van der Waals surface area (Å²) in [7, 11) is 5.88. The first-order valence-corrected chi connectivity index (χ1v) is 11.4. The number of aryl methyl sites for hydroxylation is 3. The number of nitrogens with zero attached hydrogens (tertiary/aromatic N) is 1. The average Bonchev–Trinajstić information content (AvgIpc) is 2.95. The highest BCUT2D eigenvalue weighted by Crippen LogP contribution is 2.19. The van der Waals surface area contributed by atoms with E-state index in [4.69, 9.17) is 14.3 Å². The van der Waals surface area contributed by atoms with Gasteiger partial charge < -0.3 is 18.7 Å². The Labute approximate surface area is 182 Å². The number of aliphatic carboxylic acids is 1. The normalized spacial score (nSPS) is 12.7. The average molecular weight is 425 g/mol. The summed E-state index contributed by atoms with van der Waals surface area (Å²) in [6.45, 7) is 4.78. The third-order valence-corrected chi connectivity index (χ3v) is 5.05. The zero-order valence-corrected chi connectivity index (χ0v) is 19.7. The monoisotopic (exact) mass is 424 g/mol. The van der Waals surface area contributed by atoms with Gasteiger partial charge >= 0.3 is 11.9 Å². The van der Waals surface area contributed by atoms with E-state index in [1.165, 1.54) is 5.56 Å². The highest BCUT2D eigenvalue weighted by atomic mass is 16.5. The van der Waals surface area contributed by atoms with E-state index in [2.05, 4.69) is 19.9 Å². The molecule has 0 spiro atoms. The van der Waals surface area contributed by atoms with Crippen molar-refractivity contribution in [2.45, 2.75) is 90.6 Å². The Morgan fingerprint density at radius 2 is 1.70 bits per heavy atom. The summed E-state index contributed by atoms with van der Waals surface area (Å²) in [6, 6.07) is 2.17. The molecule has 0 saturated heterocycles. The minimum atomic E-state index is -0.937. The second-order valence-electron chi connectivity index (χ2n) is 9.37. The van der Waals surface area contributed by atoms with E-state index in [9.17, 15) is 9.59 Å². The minimum Gasteiger partial charge on any atom is -0.481 e. The summed E-state index contributed by atoms with van der Waals surface area (Å²) >= 11 is 0. The highest BCUT2D eigenvalue weighted by Gasteiger charge is 2.24. The van der Waals surface area contributed by atoms with Gasteiger partial charge in [0.05, 0.1) is 27.6 Å². The van der Waals surface area contributed by atoms with Gasteiger partial charge in [0.2, 0.25) is 0 Å². The van der Waals surface area contributed by atoms with E-state index in [0.717, 1.165) is 69.3 Å². The second kappa shape index (κ2) is 13.5. The number of furan rings is 1. The van der Waals surface area contributed by atoms with E-state index in [1.807, 2.05) is 21.1 Å². The van der Waals surface area contributed by atoms with Crippen molar-refractivity contribution in [3.05, 3.63) is 23.2 Å². The number of esters is 1. The Morgan fingerprint density at radius 1 is 1.07 bits per heavy atom. The van der Waals surface area contributed by atoms with Crippen molar-refractivity contribution in [1.82, 2.24) is 0 Å². The zero-order valence-electron chi connectivity index (χ0n) is 19.7. The molecule has 0 aromatic carbocycles. The molecule has 0 aliphatic carbocycles. The van der Waals surface area contributed by atoms with Crippen LogP contribution in [0.25, 0.3) is 0 Å². The summed E-state index contributed by atoms with van der Waals surface area (Å²) in [5.74, 6) is 1.01. The van der Waals surface area contributed by atoms with Gasteiger partial charge in [-0.1, -0.05) is 32.6 Å². The molecular weight excluding hydrogens is 382 g/mol. The molecule has 1 aromatic heterocycles. The van der Waals surface area contributed by atoms with E-state index in [0.29, 0.717) is 17.4 Å². The Balaban J connectivity index is 2.15. The topological polar surface area (TPSA) is 76.7 Å². The lowest BCUT2D eigenvalue weighted by molar-refractivity contribution is -0.873. The third kappa shape index (κ3) is 12.0. The van der Waals surface area contributed by atoms with Crippen LogP contribution in [0, 0.1) is 6.92 Å². The van der Waals surface area contributed by atoms with Crippen LogP contribution in [0.15, 0.2) is 10.5 Å². The van der Waals surface area contributed by atoms with E-state index < -0.39 is 12.1 Å². The quantitative estimate of drug-likeness (QED) is 0.232. The minimum absolute atomic E-state index is 0.143. The Bertz CT molecular complexity index is 645. The van der Waals surface area contributed by atoms with Gasteiger partial charge in [0, 0.05) is 19.3 Å². The van der Waals surface area contributed by atoms with Crippen LogP contribution in [0.2, 0.25) is 0 Å². The summed E-state index contributed by atoms with van der Waals surface area (Å²) in [5.41, 5.74) is 1.27. The van der Waals surface area contributed by atoms with Gasteiger partial charge in [-0.3, -0.25) is 9.59 Å². The first-order valence-electron chi connectivity index (χ1n) is 11.4. The molecule has 1 aromatic rings. The molecule has 6 nitrogen and oxygen atoms in total. The largest absolute Gasteiger partial charge is 0.481 e. The number of rotatable bonds is 16. The fraction of sp³-hybridized carbons (Fsp3) is 0.750. The second-order valence-corrected chi connectivity index (χ2v) is 9.37. The lowest BCUT2D eigenvalue weighted by Crippen LogP contribution is -2.43. The molecule has 0 fully saturated rings. The number of hydrogen-bond acceptors (Lipinski definition) is 4. The number of carboxylic acid groups (broad SMARTS) is 1. The number of carboxylic acids is 1. The standard InChI is InChI=1S/C24H41NO5/c1-6-13-20-16-19(2)22(29-20)14-11-9-7-8-10-12-15-24(28)30-21(17-23(26)27)18-25(3,4)5/h16,21H,6-15,17-18H2,1-5H3/p+1. The zero-order chi connectivity index (χ0) is 22.6. The molecule has 1 N–H and O–H groups in total. The molecule has 172 valence electrons. The van der Waals surface area contributed by atoms with Crippen molar-refractivity contribution >= 4 is 11.9 Å². The van der Waals surface area contributed by atoms with Crippen molar-refractivity contribution in [2.24, 2.45) is 0 Å². The Morgan fingerprint density at radius 3 is 2.30 bits per heavy atom. The summed E-state index contributed by atoms with van der Waals surface area (Å²) in [4.78, 5) is 23.1. The van der Waals surface area contributed by atoms with Crippen LogP contribution < -0.4 is 0 Å². The molecule has 1 atom stereocenters. The van der Waals surface area contributed by atoms with Crippen LogP contribution in [0.3, 0.4) is 0 Å². The first-order chi connectivity index (χ1) is 14.1. The molecular formula is C24H42NO5+. The van der Waals surface area contributed by atoms with Crippen LogP contribution >= 0.6 is 0 Å². The van der Waals surface area contributed by atoms with Crippen LogP contribution in [0.1, 0.15) is 81.8 Å². The smallest absolute Gasteiger partial charge is 0.307 e. The van der Waals surface area contributed by atoms with Gasteiger partial charge in [-0.15, -0.1) is 0 Å². The van der Waals surface area contributed by atoms with Gasteiger partial charge in [-0.2, -0.15) is 0 Å². The van der Waals surface area contributed by atoms with Crippen LogP contribution in [-0.2, 0) is 27.2 Å². The predicted molar refractivity (Wildman–Crippen MR) is 118 cm³/mol. The molecule has 1 heterocycles. The molecule has 0 bridgehead atoms. The molecule has 6 heteroatoms.